The standard InChI is InChI=1S/C8H9N.C3H5NO/c1-2-4-8-7(3-1)5-6-9-8;1-2-5-3-4-1/h1-4,9H,5-6H2;3H,1-2H2. The van der Waals surface area contributed by atoms with Crippen molar-refractivity contribution >= 4 is 12.1 Å². The number of ether oxygens (including phenoxy) is 1. The molecule has 14 heavy (non-hydrogen) atoms. The van der Waals surface area contributed by atoms with Crippen LogP contribution in [-0.4, -0.2) is 26.1 Å². The number of anilines is 1. The second-order valence-electron chi connectivity index (χ2n) is 3.22. The molecule has 0 saturated heterocycles. The van der Waals surface area contributed by atoms with Crippen LogP contribution in [0.4, 0.5) is 5.69 Å². The molecular formula is C11H14N2O. The molecule has 0 radical (unpaired) electrons. The lowest BCUT2D eigenvalue weighted by molar-refractivity contribution is 0.361. The minimum absolute atomic E-state index is 0.778. The molecule has 0 unspecified atom stereocenters. The van der Waals surface area contributed by atoms with Crippen molar-refractivity contribution in [2.24, 2.45) is 4.99 Å². The van der Waals surface area contributed by atoms with Gasteiger partial charge in [-0.2, -0.15) is 0 Å². The Morgan fingerprint density at radius 3 is 2.86 bits per heavy atom. The lowest BCUT2D eigenvalue weighted by Gasteiger charge is -1.94. The van der Waals surface area contributed by atoms with E-state index >= 15 is 0 Å². The van der Waals surface area contributed by atoms with Gasteiger partial charge in [-0.05, 0) is 18.1 Å². The highest BCUT2D eigenvalue weighted by Gasteiger charge is 2.05. The quantitative estimate of drug-likeness (QED) is 0.675. The average Bonchev–Trinajstić information content (AvgIpc) is 2.92. The molecule has 0 saturated carbocycles. The average molecular weight is 190 g/mol. The molecule has 0 spiro atoms. The number of rotatable bonds is 0. The number of para-hydroxylation sites is 1. The van der Waals surface area contributed by atoms with Crippen LogP contribution >= 0.6 is 0 Å². The highest BCUT2D eigenvalue weighted by atomic mass is 16.5. The predicted octanol–water partition coefficient (Wildman–Crippen LogP) is 1.70. The normalized spacial score (nSPS) is 16.3. The SMILES string of the molecule is C1=NCCO1.c1ccc2c(c1)CCN2. The van der Waals surface area contributed by atoms with Crippen LogP contribution in [0, 0.1) is 0 Å². The summed E-state index contributed by atoms with van der Waals surface area (Å²) in [6, 6.07) is 8.46. The summed E-state index contributed by atoms with van der Waals surface area (Å²) >= 11 is 0. The second-order valence-corrected chi connectivity index (χ2v) is 3.22. The summed E-state index contributed by atoms with van der Waals surface area (Å²) in [6.45, 7) is 2.74. The molecule has 74 valence electrons. The Kier molecular flexibility index (Phi) is 3.01. The van der Waals surface area contributed by atoms with Gasteiger partial charge in [0.05, 0.1) is 6.54 Å². The van der Waals surface area contributed by atoms with Gasteiger partial charge in [0.25, 0.3) is 0 Å². The zero-order chi connectivity index (χ0) is 9.64. The summed E-state index contributed by atoms with van der Waals surface area (Å²) in [7, 11) is 0. The number of nitrogens with zero attached hydrogens (tertiary/aromatic N) is 1. The van der Waals surface area contributed by atoms with E-state index in [0.29, 0.717) is 0 Å². The molecule has 0 aliphatic carbocycles. The fraction of sp³-hybridized carbons (Fsp3) is 0.364. The van der Waals surface area contributed by atoms with Crippen LogP contribution in [0.3, 0.4) is 0 Å². The summed E-state index contributed by atoms with van der Waals surface area (Å²) in [5.74, 6) is 0. The predicted molar refractivity (Wildman–Crippen MR) is 57.9 cm³/mol. The summed E-state index contributed by atoms with van der Waals surface area (Å²) < 4.78 is 4.65. The fourth-order valence-corrected chi connectivity index (χ4v) is 1.51. The third-order valence-corrected chi connectivity index (χ3v) is 2.21. The van der Waals surface area contributed by atoms with Crippen molar-refractivity contribution in [2.75, 3.05) is 25.0 Å². The van der Waals surface area contributed by atoms with Crippen molar-refractivity contribution in [1.82, 2.24) is 0 Å². The molecule has 1 aromatic rings. The van der Waals surface area contributed by atoms with Crippen LogP contribution in [0.1, 0.15) is 5.56 Å². The first-order chi connectivity index (χ1) is 6.97. The summed E-state index contributed by atoms with van der Waals surface area (Å²) in [5, 5.41) is 3.30. The van der Waals surface area contributed by atoms with Gasteiger partial charge in [0.2, 0.25) is 0 Å². The maximum absolute atomic E-state index is 4.65. The maximum Gasteiger partial charge on any atom is 0.169 e. The molecule has 3 heteroatoms. The Labute approximate surface area is 83.8 Å². The summed E-state index contributed by atoms with van der Waals surface area (Å²) in [5.41, 5.74) is 2.77. The molecule has 0 fully saturated rings. The molecule has 3 nitrogen and oxygen atoms in total. The zero-order valence-electron chi connectivity index (χ0n) is 8.07. The van der Waals surface area contributed by atoms with E-state index in [2.05, 4.69) is 39.3 Å². The summed E-state index contributed by atoms with van der Waals surface area (Å²) in [6.07, 6.45) is 2.68. The Bertz CT molecular complexity index is 294. The van der Waals surface area contributed by atoms with Crippen LogP contribution in [0.25, 0.3) is 0 Å². The van der Waals surface area contributed by atoms with Crippen molar-refractivity contribution in [3.63, 3.8) is 0 Å². The van der Waals surface area contributed by atoms with Gasteiger partial charge in [-0.25, -0.2) is 0 Å². The molecule has 1 N–H and O–H groups in total. The van der Waals surface area contributed by atoms with E-state index in [1.807, 2.05) is 0 Å². The fourth-order valence-electron chi connectivity index (χ4n) is 1.51. The highest BCUT2D eigenvalue weighted by Crippen LogP contribution is 2.19. The molecule has 2 aliphatic heterocycles. The van der Waals surface area contributed by atoms with Crippen molar-refractivity contribution < 1.29 is 4.74 Å². The molecule has 0 amide bonds. The Morgan fingerprint density at radius 1 is 1.29 bits per heavy atom. The first-order valence-corrected chi connectivity index (χ1v) is 4.88. The highest BCUT2D eigenvalue weighted by molar-refractivity contribution is 5.54. The monoisotopic (exact) mass is 190 g/mol. The number of hydrogen-bond donors (Lipinski definition) is 1. The van der Waals surface area contributed by atoms with Gasteiger partial charge in [0.1, 0.15) is 6.61 Å². The van der Waals surface area contributed by atoms with Gasteiger partial charge in [-0.3, -0.25) is 4.99 Å². The summed E-state index contributed by atoms with van der Waals surface area (Å²) in [4.78, 5) is 3.74. The molecule has 0 aromatic heterocycles. The second kappa shape index (κ2) is 4.65. The van der Waals surface area contributed by atoms with Gasteiger partial charge in [0, 0.05) is 12.2 Å². The number of hydrogen-bond acceptors (Lipinski definition) is 3. The van der Waals surface area contributed by atoms with Crippen LogP contribution in [0.5, 0.6) is 0 Å². The molecule has 1 aromatic carbocycles. The van der Waals surface area contributed by atoms with Crippen molar-refractivity contribution in [3.05, 3.63) is 29.8 Å². The van der Waals surface area contributed by atoms with Gasteiger partial charge in [0.15, 0.2) is 6.40 Å². The van der Waals surface area contributed by atoms with Crippen LogP contribution in [0.2, 0.25) is 0 Å². The smallest absolute Gasteiger partial charge is 0.169 e. The van der Waals surface area contributed by atoms with E-state index in [9.17, 15) is 0 Å². The Hall–Kier alpha value is -1.51. The molecule has 2 aliphatic rings. The number of fused-ring (bicyclic) bond motifs is 1. The molecule has 2 heterocycles. The molecular weight excluding hydrogens is 176 g/mol. The van der Waals surface area contributed by atoms with E-state index in [1.165, 1.54) is 24.1 Å². The maximum atomic E-state index is 4.65. The lowest BCUT2D eigenvalue weighted by atomic mass is 10.2. The van der Waals surface area contributed by atoms with E-state index < -0.39 is 0 Å². The largest absolute Gasteiger partial charge is 0.482 e. The van der Waals surface area contributed by atoms with Gasteiger partial charge < -0.3 is 10.1 Å². The first kappa shape index (κ1) is 9.06. The Balaban J connectivity index is 0.000000128. The van der Waals surface area contributed by atoms with Crippen LogP contribution < -0.4 is 5.32 Å². The third-order valence-electron chi connectivity index (χ3n) is 2.21. The van der Waals surface area contributed by atoms with E-state index in [1.54, 1.807) is 0 Å². The lowest BCUT2D eigenvalue weighted by Crippen LogP contribution is -1.90. The Morgan fingerprint density at radius 2 is 2.21 bits per heavy atom. The third kappa shape index (κ3) is 2.25. The van der Waals surface area contributed by atoms with Gasteiger partial charge >= 0.3 is 0 Å². The van der Waals surface area contributed by atoms with Crippen LogP contribution in [-0.2, 0) is 11.2 Å². The van der Waals surface area contributed by atoms with E-state index in [4.69, 9.17) is 0 Å². The molecule has 3 rings (SSSR count). The van der Waals surface area contributed by atoms with Crippen molar-refractivity contribution in [3.8, 4) is 0 Å². The first-order valence-electron chi connectivity index (χ1n) is 4.88. The minimum Gasteiger partial charge on any atom is -0.482 e. The topological polar surface area (TPSA) is 33.6 Å². The van der Waals surface area contributed by atoms with Crippen LogP contribution in [0.15, 0.2) is 29.3 Å². The molecule has 0 atom stereocenters. The van der Waals surface area contributed by atoms with Gasteiger partial charge in [-0.1, -0.05) is 18.2 Å². The number of benzene rings is 1. The minimum atomic E-state index is 0.778. The van der Waals surface area contributed by atoms with Crippen molar-refractivity contribution in [2.45, 2.75) is 6.42 Å². The zero-order valence-corrected chi connectivity index (χ0v) is 8.07. The van der Waals surface area contributed by atoms with Crippen molar-refractivity contribution in [1.29, 1.82) is 0 Å². The number of nitrogens with one attached hydrogen (secondary N) is 1. The number of aliphatic imine (C=N–C) groups is 1. The van der Waals surface area contributed by atoms with E-state index in [-0.39, 0.29) is 0 Å². The van der Waals surface area contributed by atoms with E-state index in [0.717, 1.165) is 19.7 Å². The van der Waals surface area contributed by atoms with Gasteiger partial charge in [-0.15, -0.1) is 0 Å². The molecule has 0 bridgehead atoms.